The highest BCUT2D eigenvalue weighted by Gasteiger charge is 2.53. The summed E-state index contributed by atoms with van der Waals surface area (Å²) >= 11 is 12.7. The number of aliphatic hydroxyl groups excluding tert-OH is 1. The Labute approximate surface area is 220 Å². The maximum absolute atomic E-state index is 13.8. The van der Waals surface area contributed by atoms with Crippen LogP contribution >= 0.6 is 23.2 Å². The summed E-state index contributed by atoms with van der Waals surface area (Å²) in [5.41, 5.74) is 0.549. The molecule has 0 bridgehead atoms. The monoisotopic (exact) mass is 524 g/mol. The first-order valence-corrected chi connectivity index (χ1v) is 12.3. The Hall–Kier alpha value is -3.32. The number of amides is 1. The van der Waals surface area contributed by atoms with Crippen molar-refractivity contribution in [2.24, 2.45) is 4.99 Å². The van der Waals surface area contributed by atoms with Crippen molar-refractivity contribution in [2.45, 2.75) is 24.5 Å². The van der Waals surface area contributed by atoms with Crippen LogP contribution in [0.2, 0.25) is 10.0 Å². The molecular weight excluding hydrogens is 499 g/mol. The number of nitrogens with zero attached hydrogens (tertiary/aromatic N) is 1. The summed E-state index contributed by atoms with van der Waals surface area (Å²) in [6.45, 7) is 4.35. The first kappa shape index (κ1) is 25.8. The number of anilines is 1. The summed E-state index contributed by atoms with van der Waals surface area (Å²) in [6, 6.07) is 21.4. The Kier molecular flexibility index (Phi) is 8.31. The van der Waals surface area contributed by atoms with Crippen molar-refractivity contribution >= 4 is 40.7 Å². The molecule has 0 aromatic heterocycles. The second-order valence-corrected chi connectivity index (χ2v) is 9.11. The van der Waals surface area contributed by atoms with Crippen LogP contribution in [0.5, 0.6) is 5.75 Å². The molecule has 8 heteroatoms. The van der Waals surface area contributed by atoms with Gasteiger partial charge in [-0.25, -0.2) is 4.99 Å². The standard InChI is InChI=1S/C28H26Cl2N2O4/c1-2-15-28(27(34)31-21-7-4-3-5-8-21)25(23-14-11-20(29)18-24(23)30)36-26(32-28)19-9-12-22(13-10-19)35-17-6-16-33/h2-5,7-14,18,25,33H,1,6,15-17H2,(H,31,34)/t25-,28-/m1/s1. The van der Waals surface area contributed by atoms with Gasteiger partial charge in [-0.05, 0) is 48.5 Å². The van der Waals surface area contributed by atoms with E-state index in [-0.39, 0.29) is 18.9 Å². The summed E-state index contributed by atoms with van der Waals surface area (Å²) in [6.07, 6.45) is 1.58. The number of aliphatic hydroxyl groups is 1. The van der Waals surface area contributed by atoms with Gasteiger partial charge < -0.3 is 19.9 Å². The van der Waals surface area contributed by atoms with Gasteiger partial charge in [0, 0.05) is 46.3 Å². The number of carbonyl (C=O) groups excluding carboxylic acids is 1. The second-order valence-electron chi connectivity index (χ2n) is 8.27. The molecule has 1 amide bonds. The lowest BCUT2D eigenvalue weighted by Gasteiger charge is -2.30. The fraction of sp³-hybridized carbons (Fsp3) is 0.214. The maximum atomic E-state index is 13.8. The third-order valence-corrected chi connectivity index (χ3v) is 6.32. The van der Waals surface area contributed by atoms with Crippen molar-refractivity contribution < 1.29 is 19.4 Å². The minimum absolute atomic E-state index is 0.0633. The number of carbonyl (C=O) groups is 1. The Morgan fingerprint density at radius 1 is 1.14 bits per heavy atom. The van der Waals surface area contributed by atoms with Crippen molar-refractivity contribution in [3.63, 3.8) is 0 Å². The highest BCUT2D eigenvalue weighted by Crippen LogP contribution is 2.45. The van der Waals surface area contributed by atoms with Crippen LogP contribution < -0.4 is 10.1 Å². The quantitative estimate of drug-likeness (QED) is 0.243. The van der Waals surface area contributed by atoms with E-state index in [1.165, 1.54) is 0 Å². The van der Waals surface area contributed by atoms with E-state index in [4.69, 9.17) is 42.8 Å². The van der Waals surface area contributed by atoms with Gasteiger partial charge in [-0.3, -0.25) is 4.79 Å². The average Bonchev–Trinajstić information content (AvgIpc) is 3.26. The third kappa shape index (κ3) is 5.57. The van der Waals surface area contributed by atoms with Crippen molar-refractivity contribution in [3.05, 3.63) is 107 Å². The number of rotatable bonds is 10. The minimum atomic E-state index is -1.36. The predicted octanol–water partition coefficient (Wildman–Crippen LogP) is 6.23. The fourth-order valence-corrected chi connectivity index (χ4v) is 4.49. The molecule has 6 nitrogen and oxygen atoms in total. The van der Waals surface area contributed by atoms with Gasteiger partial charge in [0.1, 0.15) is 5.75 Å². The Morgan fingerprint density at radius 3 is 2.56 bits per heavy atom. The zero-order valence-electron chi connectivity index (χ0n) is 19.5. The molecule has 1 aliphatic rings. The zero-order valence-corrected chi connectivity index (χ0v) is 21.0. The fourth-order valence-electron chi connectivity index (χ4n) is 3.99. The molecule has 3 aromatic carbocycles. The molecule has 1 aliphatic heterocycles. The van der Waals surface area contributed by atoms with Gasteiger partial charge in [0.2, 0.25) is 5.90 Å². The molecule has 2 N–H and O–H groups in total. The van der Waals surface area contributed by atoms with E-state index in [1.807, 2.05) is 30.3 Å². The van der Waals surface area contributed by atoms with E-state index in [0.29, 0.717) is 51.5 Å². The molecule has 0 radical (unpaired) electrons. The van der Waals surface area contributed by atoms with Crippen LogP contribution in [0.25, 0.3) is 0 Å². The predicted molar refractivity (Wildman–Crippen MR) is 143 cm³/mol. The molecule has 0 saturated carbocycles. The summed E-state index contributed by atoms with van der Waals surface area (Å²) in [5.74, 6) is 0.615. The van der Waals surface area contributed by atoms with E-state index >= 15 is 0 Å². The molecular formula is C28H26Cl2N2O4. The molecule has 1 heterocycles. The second kappa shape index (κ2) is 11.6. The van der Waals surface area contributed by atoms with Crippen LogP contribution in [0.3, 0.4) is 0 Å². The van der Waals surface area contributed by atoms with E-state index < -0.39 is 11.6 Å². The first-order valence-electron chi connectivity index (χ1n) is 11.5. The van der Waals surface area contributed by atoms with Gasteiger partial charge in [0.15, 0.2) is 11.6 Å². The largest absolute Gasteiger partial charge is 0.494 e. The van der Waals surface area contributed by atoms with Gasteiger partial charge in [-0.2, -0.15) is 0 Å². The number of hydrogen-bond donors (Lipinski definition) is 2. The molecule has 0 spiro atoms. The topological polar surface area (TPSA) is 80.2 Å². The Balaban J connectivity index is 1.74. The van der Waals surface area contributed by atoms with Crippen LogP contribution in [-0.2, 0) is 9.53 Å². The first-order chi connectivity index (χ1) is 17.5. The number of para-hydroxylation sites is 1. The molecule has 2 atom stereocenters. The number of nitrogens with one attached hydrogen (secondary N) is 1. The summed E-state index contributed by atoms with van der Waals surface area (Å²) in [4.78, 5) is 18.7. The molecule has 0 unspecified atom stereocenters. The number of ether oxygens (including phenoxy) is 2. The van der Waals surface area contributed by atoms with Gasteiger partial charge in [-0.1, -0.05) is 53.5 Å². The Morgan fingerprint density at radius 2 is 1.89 bits per heavy atom. The van der Waals surface area contributed by atoms with E-state index in [9.17, 15) is 4.79 Å². The van der Waals surface area contributed by atoms with Crippen LogP contribution in [0.1, 0.15) is 30.1 Å². The Bertz CT molecular complexity index is 1250. The van der Waals surface area contributed by atoms with E-state index in [1.54, 1.807) is 48.5 Å². The van der Waals surface area contributed by atoms with Gasteiger partial charge in [0.25, 0.3) is 5.91 Å². The molecule has 186 valence electrons. The average molecular weight is 525 g/mol. The van der Waals surface area contributed by atoms with E-state index in [2.05, 4.69) is 11.9 Å². The zero-order chi connectivity index (χ0) is 25.5. The molecule has 0 aliphatic carbocycles. The van der Waals surface area contributed by atoms with Crippen LogP contribution in [-0.4, -0.2) is 35.7 Å². The van der Waals surface area contributed by atoms with Gasteiger partial charge in [-0.15, -0.1) is 6.58 Å². The molecule has 0 saturated heterocycles. The number of aliphatic imine (C=N–C) groups is 1. The third-order valence-electron chi connectivity index (χ3n) is 5.76. The number of halogens is 2. The smallest absolute Gasteiger partial charge is 0.257 e. The molecule has 0 fully saturated rings. The molecule has 36 heavy (non-hydrogen) atoms. The lowest BCUT2D eigenvalue weighted by atomic mass is 9.84. The summed E-state index contributed by atoms with van der Waals surface area (Å²) in [5, 5.41) is 12.8. The summed E-state index contributed by atoms with van der Waals surface area (Å²) in [7, 11) is 0. The van der Waals surface area contributed by atoms with Crippen LogP contribution in [0.15, 0.2) is 90.4 Å². The van der Waals surface area contributed by atoms with Gasteiger partial charge >= 0.3 is 0 Å². The maximum Gasteiger partial charge on any atom is 0.257 e. The van der Waals surface area contributed by atoms with Crippen LogP contribution in [0, 0.1) is 0 Å². The highest BCUT2D eigenvalue weighted by molar-refractivity contribution is 6.35. The SMILES string of the molecule is C=CC[C@@]1(C(=O)Nc2ccccc2)N=C(c2ccc(OCCCO)cc2)O[C@@H]1c1ccc(Cl)cc1Cl. The van der Waals surface area contributed by atoms with Crippen molar-refractivity contribution in [1.29, 1.82) is 0 Å². The number of benzene rings is 3. The lowest BCUT2D eigenvalue weighted by molar-refractivity contribution is -0.123. The summed E-state index contributed by atoms with van der Waals surface area (Å²) < 4.78 is 12.0. The van der Waals surface area contributed by atoms with Crippen molar-refractivity contribution in [1.82, 2.24) is 0 Å². The van der Waals surface area contributed by atoms with Crippen molar-refractivity contribution in [2.75, 3.05) is 18.5 Å². The molecule has 4 rings (SSSR count). The minimum Gasteiger partial charge on any atom is -0.494 e. The van der Waals surface area contributed by atoms with Crippen LogP contribution in [0.4, 0.5) is 5.69 Å². The number of hydrogen-bond acceptors (Lipinski definition) is 5. The van der Waals surface area contributed by atoms with E-state index in [0.717, 1.165) is 0 Å². The lowest BCUT2D eigenvalue weighted by Crippen LogP contribution is -2.44. The highest BCUT2D eigenvalue weighted by atomic mass is 35.5. The van der Waals surface area contributed by atoms with Gasteiger partial charge in [0.05, 0.1) is 6.61 Å². The van der Waals surface area contributed by atoms with Crippen molar-refractivity contribution in [3.8, 4) is 5.75 Å². The molecule has 3 aromatic rings. The normalized spacial score (nSPS) is 18.8.